The van der Waals surface area contributed by atoms with E-state index in [1.54, 1.807) is 11.8 Å². The molecular weight excluding hydrogens is 487 g/mol. The zero-order chi connectivity index (χ0) is 23.8. The maximum absolute atomic E-state index is 5.99. The van der Waals surface area contributed by atoms with Crippen molar-refractivity contribution in [2.45, 2.75) is 37.3 Å². The quantitative estimate of drug-likeness (QED) is 0.166. The molecule has 0 aliphatic rings. The summed E-state index contributed by atoms with van der Waals surface area (Å²) in [4.78, 5) is 0. The van der Waals surface area contributed by atoms with Crippen LogP contribution in [0, 0.1) is 0 Å². The predicted octanol–water partition coefficient (Wildman–Crippen LogP) is 7.29. The van der Waals surface area contributed by atoms with Gasteiger partial charge in [-0.05, 0) is 71.6 Å². The molecule has 0 aliphatic carbocycles. The highest BCUT2D eigenvalue weighted by Gasteiger charge is 2.11. The van der Waals surface area contributed by atoms with Crippen LogP contribution >= 0.6 is 35.0 Å². The van der Waals surface area contributed by atoms with E-state index in [9.17, 15) is 0 Å². The monoisotopic (exact) mass is 510 g/mol. The van der Waals surface area contributed by atoms with Crippen LogP contribution in [0.1, 0.15) is 35.9 Å². The van der Waals surface area contributed by atoms with Crippen LogP contribution in [-0.4, -0.2) is 21.1 Å². The Labute approximate surface area is 213 Å². The lowest BCUT2D eigenvalue weighted by molar-refractivity contribution is 0.306. The number of benzene rings is 3. The van der Waals surface area contributed by atoms with E-state index in [2.05, 4.69) is 22.2 Å². The third-order valence-corrected chi connectivity index (χ3v) is 6.45. The maximum atomic E-state index is 5.99. The highest BCUT2D eigenvalue weighted by Crippen LogP contribution is 2.23. The number of rotatable bonds is 10. The van der Waals surface area contributed by atoms with E-state index in [0.29, 0.717) is 11.6 Å². The average Bonchev–Trinajstić information content (AvgIpc) is 3.24. The summed E-state index contributed by atoms with van der Waals surface area (Å²) in [6.45, 7) is 2.60. The summed E-state index contributed by atoms with van der Waals surface area (Å²) in [5.74, 6) is 2.40. The molecule has 174 valence electrons. The van der Waals surface area contributed by atoms with E-state index < -0.39 is 0 Å². The van der Waals surface area contributed by atoms with Crippen LogP contribution in [-0.2, 0) is 18.8 Å². The van der Waals surface area contributed by atoms with E-state index in [1.807, 2.05) is 83.7 Å². The average molecular weight is 511 g/mol. The zero-order valence-electron chi connectivity index (χ0n) is 18.7. The Balaban J connectivity index is 1.41. The topological polar surface area (TPSA) is 52.3 Å². The summed E-state index contributed by atoms with van der Waals surface area (Å²) in [5, 5.41) is 15.6. The first kappa shape index (κ1) is 24.3. The fraction of sp³-hybridized carbons (Fsp3) is 0.192. The second kappa shape index (κ2) is 12.1. The van der Waals surface area contributed by atoms with Crippen molar-refractivity contribution in [3.8, 4) is 5.75 Å². The standard InChI is InChI=1S/C26H24Cl2N4OS/c1-2-3-25-30-31-26(34-18-21-6-12-23(28)13-7-21)32(25)29-16-19-8-14-24(15-9-19)33-17-20-4-10-22(27)11-5-20/h4-16H,2-3,17-18H2,1H3/b29-16+. The predicted molar refractivity (Wildman–Crippen MR) is 140 cm³/mol. The molecule has 0 aliphatic heterocycles. The van der Waals surface area contributed by atoms with Crippen LogP contribution in [0.25, 0.3) is 0 Å². The van der Waals surface area contributed by atoms with Crippen molar-refractivity contribution < 1.29 is 4.74 Å². The molecule has 0 spiro atoms. The third-order valence-electron chi connectivity index (χ3n) is 4.95. The van der Waals surface area contributed by atoms with Crippen LogP contribution in [0.3, 0.4) is 0 Å². The van der Waals surface area contributed by atoms with Crippen LogP contribution in [0.2, 0.25) is 10.0 Å². The fourth-order valence-corrected chi connectivity index (χ4v) is 4.25. The summed E-state index contributed by atoms with van der Waals surface area (Å²) in [6, 6.07) is 23.3. The number of thioether (sulfide) groups is 1. The highest BCUT2D eigenvalue weighted by molar-refractivity contribution is 7.98. The minimum atomic E-state index is 0.486. The molecule has 0 N–H and O–H groups in total. The molecule has 4 rings (SSSR count). The van der Waals surface area contributed by atoms with Gasteiger partial charge in [-0.1, -0.05) is 66.2 Å². The first-order valence-corrected chi connectivity index (χ1v) is 12.7. The number of aryl methyl sites for hydroxylation is 1. The SMILES string of the molecule is CCCc1nnc(SCc2ccc(Cl)cc2)n1/N=C/c1ccc(OCc2ccc(Cl)cc2)cc1. The normalized spacial score (nSPS) is 11.3. The van der Waals surface area contributed by atoms with Crippen LogP contribution in [0.5, 0.6) is 5.75 Å². The minimum Gasteiger partial charge on any atom is -0.489 e. The number of halogens is 2. The van der Waals surface area contributed by atoms with Gasteiger partial charge in [-0.2, -0.15) is 9.78 Å². The van der Waals surface area contributed by atoms with Crippen molar-refractivity contribution >= 4 is 41.2 Å². The Morgan fingerprint density at radius 1 is 0.882 bits per heavy atom. The summed E-state index contributed by atoms with van der Waals surface area (Å²) in [7, 11) is 0. The largest absolute Gasteiger partial charge is 0.489 e. The Kier molecular flexibility index (Phi) is 8.63. The smallest absolute Gasteiger partial charge is 0.212 e. The fourth-order valence-electron chi connectivity index (χ4n) is 3.13. The maximum Gasteiger partial charge on any atom is 0.212 e. The molecular formula is C26H24Cl2N4OS. The molecule has 1 heterocycles. The van der Waals surface area contributed by atoms with Gasteiger partial charge >= 0.3 is 0 Å². The Morgan fingerprint density at radius 3 is 2.18 bits per heavy atom. The van der Waals surface area contributed by atoms with Crippen molar-refractivity contribution in [2.75, 3.05) is 0 Å². The lowest BCUT2D eigenvalue weighted by Gasteiger charge is -2.07. The van der Waals surface area contributed by atoms with Gasteiger partial charge in [-0.15, -0.1) is 10.2 Å². The van der Waals surface area contributed by atoms with Gasteiger partial charge in [0, 0.05) is 22.2 Å². The van der Waals surface area contributed by atoms with E-state index in [-0.39, 0.29) is 0 Å². The van der Waals surface area contributed by atoms with Gasteiger partial charge in [-0.3, -0.25) is 0 Å². The molecule has 34 heavy (non-hydrogen) atoms. The van der Waals surface area contributed by atoms with Crippen molar-refractivity contribution in [2.24, 2.45) is 5.10 Å². The lowest BCUT2D eigenvalue weighted by Crippen LogP contribution is -2.00. The first-order valence-electron chi connectivity index (χ1n) is 10.9. The molecule has 0 atom stereocenters. The molecule has 0 saturated carbocycles. The van der Waals surface area contributed by atoms with Gasteiger partial charge in [0.1, 0.15) is 12.4 Å². The van der Waals surface area contributed by atoms with Gasteiger partial charge in [0.25, 0.3) is 0 Å². The number of hydrogen-bond donors (Lipinski definition) is 0. The van der Waals surface area contributed by atoms with Crippen LogP contribution in [0.15, 0.2) is 83.1 Å². The molecule has 0 amide bonds. The number of aromatic nitrogens is 3. The number of hydrogen-bond acceptors (Lipinski definition) is 5. The molecule has 0 radical (unpaired) electrons. The molecule has 4 aromatic rings. The summed E-state index contributed by atoms with van der Waals surface area (Å²) >= 11 is 13.5. The Hall–Kier alpha value is -2.80. The van der Waals surface area contributed by atoms with Gasteiger partial charge in [0.15, 0.2) is 5.82 Å². The molecule has 0 unspecified atom stereocenters. The van der Waals surface area contributed by atoms with Crippen molar-refractivity contribution in [1.29, 1.82) is 0 Å². The molecule has 0 fully saturated rings. The molecule has 0 saturated heterocycles. The first-order chi connectivity index (χ1) is 16.6. The zero-order valence-corrected chi connectivity index (χ0v) is 21.0. The molecule has 5 nitrogen and oxygen atoms in total. The van der Waals surface area contributed by atoms with Gasteiger partial charge in [-0.25, -0.2) is 0 Å². The van der Waals surface area contributed by atoms with Crippen LogP contribution < -0.4 is 4.74 Å². The van der Waals surface area contributed by atoms with Crippen LogP contribution in [0.4, 0.5) is 0 Å². The summed E-state index contributed by atoms with van der Waals surface area (Å²) < 4.78 is 7.69. The van der Waals surface area contributed by atoms with E-state index in [4.69, 9.17) is 27.9 Å². The number of ether oxygens (including phenoxy) is 1. The van der Waals surface area contributed by atoms with E-state index >= 15 is 0 Å². The second-order valence-corrected chi connectivity index (χ2v) is 9.42. The molecule has 1 aromatic heterocycles. The van der Waals surface area contributed by atoms with Crippen molar-refractivity contribution in [3.63, 3.8) is 0 Å². The minimum absolute atomic E-state index is 0.486. The molecule has 3 aromatic carbocycles. The van der Waals surface area contributed by atoms with Gasteiger partial charge in [0.2, 0.25) is 5.16 Å². The third kappa shape index (κ3) is 6.86. The van der Waals surface area contributed by atoms with E-state index in [0.717, 1.165) is 51.5 Å². The van der Waals surface area contributed by atoms with Gasteiger partial charge < -0.3 is 4.74 Å². The van der Waals surface area contributed by atoms with E-state index in [1.165, 1.54) is 5.56 Å². The Morgan fingerprint density at radius 2 is 1.53 bits per heavy atom. The lowest BCUT2D eigenvalue weighted by atomic mass is 10.2. The summed E-state index contributed by atoms with van der Waals surface area (Å²) in [5.41, 5.74) is 3.19. The highest BCUT2D eigenvalue weighted by atomic mass is 35.5. The number of nitrogens with zero attached hydrogens (tertiary/aromatic N) is 4. The van der Waals surface area contributed by atoms with Crippen molar-refractivity contribution in [1.82, 2.24) is 14.9 Å². The molecule has 0 bridgehead atoms. The second-order valence-electron chi connectivity index (χ2n) is 7.60. The van der Waals surface area contributed by atoms with Gasteiger partial charge in [0.05, 0.1) is 6.21 Å². The Bertz CT molecular complexity index is 1220. The summed E-state index contributed by atoms with van der Waals surface area (Å²) in [6.07, 6.45) is 3.59. The molecule has 8 heteroatoms. The van der Waals surface area contributed by atoms with Crippen molar-refractivity contribution in [3.05, 3.63) is 105 Å².